The molecule has 13 heavy (non-hydrogen) atoms. The SMILES string of the molecule is CN(C)NCc1cc(F)ccc1O. The molecule has 3 nitrogen and oxygen atoms in total. The van der Waals surface area contributed by atoms with E-state index in [-0.39, 0.29) is 11.6 Å². The van der Waals surface area contributed by atoms with Crippen molar-refractivity contribution in [3.8, 4) is 5.75 Å². The van der Waals surface area contributed by atoms with E-state index in [1.807, 2.05) is 14.1 Å². The molecule has 4 heteroatoms. The number of benzene rings is 1. The standard InChI is InChI=1S/C9H13FN2O/c1-12(2)11-6-7-5-8(10)3-4-9(7)13/h3-5,11,13H,6H2,1-2H3. The molecule has 0 fully saturated rings. The zero-order valence-electron chi connectivity index (χ0n) is 7.71. The number of phenols is 1. The van der Waals surface area contributed by atoms with Gasteiger partial charge in [0.1, 0.15) is 11.6 Å². The molecule has 1 aromatic rings. The molecule has 0 heterocycles. The molecule has 0 bridgehead atoms. The average molecular weight is 184 g/mol. The van der Waals surface area contributed by atoms with Crippen LogP contribution in [0, 0.1) is 5.82 Å². The van der Waals surface area contributed by atoms with Gasteiger partial charge in [-0.3, -0.25) is 10.4 Å². The van der Waals surface area contributed by atoms with Crippen LogP contribution in [0.3, 0.4) is 0 Å². The van der Waals surface area contributed by atoms with Crippen molar-refractivity contribution in [1.82, 2.24) is 10.4 Å². The minimum absolute atomic E-state index is 0.107. The van der Waals surface area contributed by atoms with Gasteiger partial charge in [0.15, 0.2) is 0 Å². The molecule has 0 saturated heterocycles. The topological polar surface area (TPSA) is 35.5 Å². The highest BCUT2D eigenvalue weighted by Gasteiger charge is 2.02. The molecule has 0 aliphatic carbocycles. The summed E-state index contributed by atoms with van der Waals surface area (Å²) in [4.78, 5) is 0. The minimum atomic E-state index is -0.339. The number of halogens is 1. The van der Waals surface area contributed by atoms with Crippen molar-refractivity contribution in [2.24, 2.45) is 0 Å². The Hall–Kier alpha value is -1.13. The summed E-state index contributed by atoms with van der Waals surface area (Å²) in [5, 5.41) is 11.1. The molecule has 0 aliphatic rings. The van der Waals surface area contributed by atoms with Gasteiger partial charge < -0.3 is 5.11 Å². The Bertz CT molecular complexity index is 289. The Morgan fingerprint density at radius 2 is 2.15 bits per heavy atom. The number of nitrogens with zero attached hydrogens (tertiary/aromatic N) is 1. The van der Waals surface area contributed by atoms with E-state index in [0.717, 1.165) is 0 Å². The highest BCUT2D eigenvalue weighted by molar-refractivity contribution is 5.32. The summed E-state index contributed by atoms with van der Waals surface area (Å²) in [6.45, 7) is 0.413. The van der Waals surface area contributed by atoms with Gasteiger partial charge in [-0.15, -0.1) is 0 Å². The smallest absolute Gasteiger partial charge is 0.123 e. The molecule has 2 N–H and O–H groups in total. The molecule has 0 spiro atoms. The van der Waals surface area contributed by atoms with Crippen LogP contribution < -0.4 is 5.43 Å². The van der Waals surface area contributed by atoms with Gasteiger partial charge in [0.2, 0.25) is 0 Å². The van der Waals surface area contributed by atoms with E-state index < -0.39 is 0 Å². The van der Waals surface area contributed by atoms with E-state index >= 15 is 0 Å². The molecule has 0 atom stereocenters. The molecule has 0 radical (unpaired) electrons. The van der Waals surface area contributed by atoms with Gasteiger partial charge in [-0.2, -0.15) is 0 Å². The second-order valence-corrected chi connectivity index (χ2v) is 3.00. The highest BCUT2D eigenvalue weighted by Crippen LogP contribution is 2.17. The Balaban J connectivity index is 2.70. The molecule has 0 amide bonds. The summed E-state index contributed by atoms with van der Waals surface area (Å²) in [5.41, 5.74) is 3.49. The minimum Gasteiger partial charge on any atom is -0.508 e. The summed E-state index contributed by atoms with van der Waals surface area (Å²) in [6, 6.07) is 3.89. The summed E-state index contributed by atoms with van der Waals surface area (Å²) in [7, 11) is 3.66. The van der Waals surface area contributed by atoms with Gasteiger partial charge in [0.25, 0.3) is 0 Å². The van der Waals surface area contributed by atoms with Crippen LogP contribution in [-0.2, 0) is 6.54 Å². The van der Waals surface area contributed by atoms with Gasteiger partial charge >= 0.3 is 0 Å². The fraction of sp³-hybridized carbons (Fsp3) is 0.333. The Morgan fingerprint density at radius 3 is 2.77 bits per heavy atom. The lowest BCUT2D eigenvalue weighted by Crippen LogP contribution is -2.29. The van der Waals surface area contributed by atoms with E-state index in [1.165, 1.54) is 18.2 Å². The third-order valence-electron chi connectivity index (χ3n) is 1.63. The largest absolute Gasteiger partial charge is 0.508 e. The monoisotopic (exact) mass is 184 g/mol. The lowest BCUT2D eigenvalue weighted by atomic mass is 10.2. The molecule has 0 aromatic heterocycles. The first kappa shape index (κ1) is 9.95. The second-order valence-electron chi connectivity index (χ2n) is 3.00. The van der Waals surface area contributed by atoms with Crippen molar-refractivity contribution in [3.63, 3.8) is 0 Å². The Kier molecular flexibility index (Phi) is 3.22. The number of rotatable bonds is 3. The first-order valence-electron chi connectivity index (χ1n) is 3.98. The van der Waals surface area contributed by atoms with Crippen molar-refractivity contribution in [2.75, 3.05) is 14.1 Å². The molecule has 1 rings (SSSR count). The maximum atomic E-state index is 12.7. The number of aromatic hydroxyl groups is 1. The van der Waals surface area contributed by atoms with E-state index in [0.29, 0.717) is 12.1 Å². The number of nitrogens with one attached hydrogen (secondary N) is 1. The number of phenolic OH excluding ortho intramolecular Hbond substituents is 1. The van der Waals surface area contributed by atoms with Crippen LogP contribution in [-0.4, -0.2) is 24.2 Å². The normalized spacial score (nSPS) is 10.8. The molecule has 1 aromatic carbocycles. The first-order chi connectivity index (χ1) is 6.09. The predicted molar refractivity (Wildman–Crippen MR) is 48.6 cm³/mol. The molecule has 0 unspecified atom stereocenters. The van der Waals surface area contributed by atoms with Gasteiger partial charge in [-0.25, -0.2) is 4.39 Å². The quantitative estimate of drug-likeness (QED) is 0.690. The van der Waals surface area contributed by atoms with Crippen molar-refractivity contribution in [1.29, 1.82) is 0 Å². The highest BCUT2D eigenvalue weighted by atomic mass is 19.1. The summed E-state index contributed by atoms with van der Waals surface area (Å²) in [6.07, 6.45) is 0. The number of hydrogen-bond donors (Lipinski definition) is 2. The van der Waals surface area contributed by atoms with Crippen LogP contribution in [0.15, 0.2) is 18.2 Å². The van der Waals surface area contributed by atoms with Crippen LogP contribution in [0.4, 0.5) is 4.39 Å². The van der Waals surface area contributed by atoms with Crippen LogP contribution in [0.5, 0.6) is 5.75 Å². The third kappa shape index (κ3) is 3.01. The maximum absolute atomic E-state index is 12.7. The number of hydrogen-bond acceptors (Lipinski definition) is 3. The molecule has 72 valence electrons. The predicted octanol–water partition coefficient (Wildman–Crippen LogP) is 1.10. The van der Waals surface area contributed by atoms with Gasteiger partial charge in [-0.05, 0) is 18.2 Å². The van der Waals surface area contributed by atoms with Crippen molar-refractivity contribution in [2.45, 2.75) is 6.54 Å². The second kappa shape index (κ2) is 4.20. The average Bonchev–Trinajstić information content (AvgIpc) is 2.06. The Labute approximate surface area is 76.8 Å². The van der Waals surface area contributed by atoms with Gasteiger partial charge in [0, 0.05) is 26.2 Å². The lowest BCUT2D eigenvalue weighted by molar-refractivity contribution is 0.283. The van der Waals surface area contributed by atoms with Gasteiger partial charge in [0.05, 0.1) is 0 Å². The van der Waals surface area contributed by atoms with Crippen LogP contribution in [0.2, 0.25) is 0 Å². The molecule has 0 saturated carbocycles. The molecular weight excluding hydrogens is 171 g/mol. The third-order valence-corrected chi connectivity index (χ3v) is 1.63. The Morgan fingerprint density at radius 1 is 1.46 bits per heavy atom. The number of hydrazine groups is 1. The molecular formula is C9H13FN2O. The van der Waals surface area contributed by atoms with Crippen LogP contribution in [0.1, 0.15) is 5.56 Å². The zero-order valence-corrected chi connectivity index (χ0v) is 7.71. The fourth-order valence-corrected chi connectivity index (χ4v) is 0.939. The van der Waals surface area contributed by atoms with Crippen LogP contribution >= 0.6 is 0 Å². The summed E-state index contributed by atoms with van der Waals surface area (Å²) in [5.74, 6) is -0.232. The van der Waals surface area contributed by atoms with Crippen LogP contribution in [0.25, 0.3) is 0 Å². The summed E-state index contributed by atoms with van der Waals surface area (Å²) < 4.78 is 12.7. The summed E-state index contributed by atoms with van der Waals surface area (Å²) >= 11 is 0. The van der Waals surface area contributed by atoms with Crippen molar-refractivity contribution >= 4 is 0 Å². The van der Waals surface area contributed by atoms with E-state index in [4.69, 9.17) is 0 Å². The van der Waals surface area contributed by atoms with Crippen molar-refractivity contribution in [3.05, 3.63) is 29.6 Å². The van der Waals surface area contributed by atoms with E-state index in [2.05, 4.69) is 5.43 Å². The lowest BCUT2D eigenvalue weighted by Gasteiger charge is -2.12. The van der Waals surface area contributed by atoms with E-state index in [1.54, 1.807) is 5.01 Å². The van der Waals surface area contributed by atoms with E-state index in [9.17, 15) is 9.50 Å². The fourth-order valence-electron chi connectivity index (χ4n) is 0.939. The maximum Gasteiger partial charge on any atom is 0.123 e. The first-order valence-corrected chi connectivity index (χ1v) is 3.98. The van der Waals surface area contributed by atoms with Crippen molar-refractivity contribution < 1.29 is 9.50 Å². The zero-order chi connectivity index (χ0) is 9.84. The molecule has 0 aliphatic heterocycles. The van der Waals surface area contributed by atoms with Gasteiger partial charge in [-0.1, -0.05) is 0 Å².